The van der Waals surface area contributed by atoms with Gasteiger partial charge in [-0.05, 0) is 49.8 Å². The summed E-state index contributed by atoms with van der Waals surface area (Å²) in [7, 11) is 0. The van der Waals surface area contributed by atoms with Crippen molar-refractivity contribution < 1.29 is 4.39 Å². The van der Waals surface area contributed by atoms with Crippen molar-refractivity contribution in [3.05, 3.63) is 29.6 Å². The largest absolute Gasteiger partial charge is 0.325 e. The summed E-state index contributed by atoms with van der Waals surface area (Å²) in [6.07, 6.45) is 5.44. The molecule has 1 aromatic carbocycles. The van der Waals surface area contributed by atoms with Gasteiger partial charge in [0.25, 0.3) is 0 Å². The van der Waals surface area contributed by atoms with Gasteiger partial charge < -0.3 is 5.73 Å². The first-order chi connectivity index (χ1) is 7.65. The van der Waals surface area contributed by atoms with Crippen LogP contribution in [0.4, 0.5) is 4.39 Å². The Morgan fingerprint density at radius 1 is 1.38 bits per heavy atom. The number of thioether (sulfide) groups is 1. The second kappa shape index (κ2) is 3.74. The molecule has 0 atom stereocenters. The highest BCUT2D eigenvalue weighted by Crippen LogP contribution is 2.41. The minimum atomic E-state index is -0.0707. The standard InChI is InChI=1S/C13H16FNS/c14-11-7-9(8-13(15)5-6-13)1-4-12(11)16-10-2-3-10/h1,4,7,10H,2-3,5-6,8,15H2. The van der Waals surface area contributed by atoms with Gasteiger partial charge in [-0.2, -0.15) is 0 Å². The molecule has 0 bridgehead atoms. The second-order valence-corrected chi connectivity index (χ2v) is 6.46. The average Bonchev–Trinajstić information content (AvgIpc) is 3.11. The molecule has 0 heterocycles. The lowest BCUT2D eigenvalue weighted by Crippen LogP contribution is -2.24. The maximum Gasteiger partial charge on any atom is 0.137 e. The Kier molecular flexibility index (Phi) is 2.48. The molecule has 2 N–H and O–H groups in total. The van der Waals surface area contributed by atoms with Crippen molar-refractivity contribution in [1.29, 1.82) is 0 Å². The van der Waals surface area contributed by atoms with E-state index in [0.29, 0.717) is 5.25 Å². The number of halogens is 1. The van der Waals surface area contributed by atoms with Gasteiger partial charge in [0.15, 0.2) is 0 Å². The van der Waals surface area contributed by atoms with Gasteiger partial charge in [0.1, 0.15) is 5.82 Å². The third-order valence-corrected chi connectivity index (χ3v) is 4.65. The van der Waals surface area contributed by atoms with Crippen LogP contribution >= 0.6 is 11.8 Å². The molecule has 2 saturated carbocycles. The molecule has 3 rings (SSSR count). The van der Waals surface area contributed by atoms with Crippen LogP contribution in [0.5, 0.6) is 0 Å². The Balaban J connectivity index is 1.73. The highest BCUT2D eigenvalue weighted by atomic mass is 32.2. The summed E-state index contributed by atoms with van der Waals surface area (Å²) in [6.45, 7) is 0. The van der Waals surface area contributed by atoms with Crippen LogP contribution in [-0.2, 0) is 6.42 Å². The molecule has 16 heavy (non-hydrogen) atoms. The normalized spacial score (nSPS) is 22.1. The molecule has 1 aromatic rings. The van der Waals surface area contributed by atoms with Gasteiger partial charge in [-0.1, -0.05) is 6.07 Å². The van der Waals surface area contributed by atoms with Crippen molar-refractivity contribution in [2.45, 2.75) is 47.8 Å². The zero-order valence-corrected chi connectivity index (χ0v) is 10.0. The Morgan fingerprint density at radius 3 is 2.69 bits per heavy atom. The summed E-state index contributed by atoms with van der Waals surface area (Å²) in [5, 5.41) is 0.657. The van der Waals surface area contributed by atoms with Crippen molar-refractivity contribution in [2.75, 3.05) is 0 Å². The van der Waals surface area contributed by atoms with E-state index in [-0.39, 0.29) is 11.4 Å². The minimum absolute atomic E-state index is 0.0302. The third-order valence-electron chi connectivity index (χ3n) is 3.26. The fraction of sp³-hybridized carbons (Fsp3) is 0.538. The fourth-order valence-corrected chi connectivity index (χ4v) is 2.91. The lowest BCUT2D eigenvalue weighted by molar-refractivity contribution is 0.594. The van der Waals surface area contributed by atoms with Crippen LogP contribution in [0.25, 0.3) is 0 Å². The van der Waals surface area contributed by atoms with E-state index in [0.717, 1.165) is 29.7 Å². The van der Waals surface area contributed by atoms with E-state index in [1.807, 2.05) is 12.1 Å². The predicted molar refractivity (Wildman–Crippen MR) is 65.1 cm³/mol. The van der Waals surface area contributed by atoms with E-state index < -0.39 is 0 Å². The molecule has 2 aliphatic rings. The van der Waals surface area contributed by atoms with Gasteiger partial charge in [0.2, 0.25) is 0 Å². The first-order valence-electron chi connectivity index (χ1n) is 5.89. The molecule has 0 radical (unpaired) electrons. The lowest BCUT2D eigenvalue weighted by atomic mass is 10.1. The summed E-state index contributed by atoms with van der Waals surface area (Å²) in [4.78, 5) is 0.799. The predicted octanol–water partition coefficient (Wildman–Crippen LogP) is 3.11. The smallest absolute Gasteiger partial charge is 0.137 e. The fourth-order valence-electron chi connectivity index (χ4n) is 1.86. The number of hydrogen-bond acceptors (Lipinski definition) is 2. The SMILES string of the molecule is NC1(Cc2ccc(SC3CC3)c(F)c2)CC1. The van der Waals surface area contributed by atoms with E-state index in [9.17, 15) is 4.39 Å². The molecule has 0 saturated heterocycles. The van der Waals surface area contributed by atoms with E-state index in [4.69, 9.17) is 5.73 Å². The quantitative estimate of drug-likeness (QED) is 0.870. The number of nitrogens with two attached hydrogens (primary N) is 1. The maximum absolute atomic E-state index is 13.8. The molecule has 3 heteroatoms. The van der Waals surface area contributed by atoms with Crippen LogP contribution in [0, 0.1) is 5.82 Å². The number of benzene rings is 1. The zero-order valence-electron chi connectivity index (χ0n) is 9.21. The highest BCUT2D eigenvalue weighted by molar-refractivity contribution is 8.00. The van der Waals surface area contributed by atoms with Crippen LogP contribution < -0.4 is 5.73 Å². The third kappa shape index (κ3) is 2.41. The van der Waals surface area contributed by atoms with Crippen molar-refractivity contribution in [3.8, 4) is 0 Å². The van der Waals surface area contributed by atoms with E-state index in [2.05, 4.69) is 0 Å². The summed E-state index contributed by atoms with van der Waals surface area (Å²) >= 11 is 1.67. The summed E-state index contributed by atoms with van der Waals surface area (Å²) in [5.74, 6) is -0.0707. The number of hydrogen-bond donors (Lipinski definition) is 1. The molecular weight excluding hydrogens is 221 g/mol. The molecular formula is C13H16FNS. The molecule has 0 aliphatic heterocycles. The Morgan fingerprint density at radius 2 is 2.12 bits per heavy atom. The summed E-state index contributed by atoms with van der Waals surface area (Å²) < 4.78 is 13.8. The molecule has 0 unspecified atom stereocenters. The second-order valence-electron chi connectivity index (χ2n) is 5.12. The van der Waals surface area contributed by atoms with Gasteiger partial charge in [-0.25, -0.2) is 4.39 Å². The Hall–Kier alpha value is -0.540. The Labute approximate surface area is 99.6 Å². The van der Waals surface area contributed by atoms with Crippen LogP contribution in [0.3, 0.4) is 0 Å². The van der Waals surface area contributed by atoms with Gasteiger partial charge in [-0.3, -0.25) is 0 Å². The van der Waals surface area contributed by atoms with Gasteiger partial charge >= 0.3 is 0 Å². The minimum Gasteiger partial charge on any atom is -0.325 e. The van der Waals surface area contributed by atoms with E-state index in [1.165, 1.54) is 12.8 Å². The van der Waals surface area contributed by atoms with Crippen LogP contribution in [0.2, 0.25) is 0 Å². The first kappa shape index (κ1) is 10.6. The van der Waals surface area contributed by atoms with Crippen molar-refractivity contribution >= 4 is 11.8 Å². The first-order valence-corrected chi connectivity index (χ1v) is 6.77. The maximum atomic E-state index is 13.8. The number of rotatable bonds is 4. The van der Waals surface area contributed by atoms with Crippen molar-refractivity contribution in [2.24, 2.45) is 5.73 Å². The van der Waals surface area contributed by atoms with Crippen LogP contribution in [-0.4, -0.2) is 10.8 Å². The molecule has 86 valence electrons. The Bertz CT molecular complexity index is 410. The lowest BCUT2D eigenvalue weighted by Gasteiger charge is -2.09. The van der Waals surface area contributed by atoms with Crippen molar-refractivity contribution in [3.63, 3.8) is 0 Å². The monoisotopic (exact) mass is 237 g/mol. The van der Waals surface area contributed by atoms with Gasteiger partial charge in [-0.15, -0.1) is 11.8 Å². The molecule has 2 fully saturated rings. The zero-order chi connectivity index (χ0) is 11.2. The summed E-state index contributed by atoms with van der Waals surface area (Å²) in [5.41, 5.74) is 7.04. The molecule has 0 amide bonds. The van der Waals surface area contributed by atoms with E-state index in [1.54, 1.807) is 17.8 Å². The van der Waals surface area contributed by atoms with Crippen LogP contribution in [0.15, 0.2) is 23.1 Å². The average molecular weight is 237 g/mol. The molecule has 2 aliphatic carbocycles. The highest BCUT2D eigenvalue weighted by Gasteiger charge is 2.38. The van der Waals surface area contributed by atoms with E-state index >= 15 is 0 Å². The van der Waals surface area contributed by atoms with Gasteiger partial charge in [0, 0.05) is 15.7 Å². The van der Waals surface area contributed by atoms with Crippen LogP contribution in [0.1, 0.15) is 31.2 Å². The van der Waals surface area contributed by atoms with Gasteiger partial charge in [0.05, 0.1) is 0 Å². The summed E-state index contributed by atoms with van der Waals surface area (Å²) in [6, 6.07) is 5.61. The molecule has 1 nitrogen and oxygen atoms in total. The molecule has 0 aromatic heterocycles. The molecule has 0 spiro atoms. The van der Waals surface area contributed by atoms with Crippen molar-refractivity contribution in [1.82, 2.24) is 0 Å². The topological polar surface area (TPSA) is 26.0 Å².